The summed E-state index contributed by atoms with van der Waals surface area (Å²) in [5.74, 6) is -0.635. The van der Waals surface area contributed by atoms with Crippen LogP contribution in [0.4, 0.5) is 13.2 Å². The number of rotatable bonds is 6. The summed E-state index contributed by atoms with van der Waals surface area (Å²) in [6.07, 6.45) is -1.95. The first kappa shape index (κ1) is 16.8. The van der Waals surface area contributed by atoms with E-state index in [0.717, 1.165) is 0 Å². The van der Waals surface area contributed by atoms with Crippen LogP contribution in [0.3, 0.4) is 0 Å². The Morgan fingerprint density at radius 3 is 2.28 bits per heavy atom. The lowest BCUT2D eigenvalue weighted by Gasteiger charge is -2.16. The lowest BCUT2D eigenvalue weighted by Crippen LogP contribution is -2.37. The molecule has 0 bridgehead atoms. The van der Waals surface area contributed by atoms with Crippen molar-refractivity contribution in [2.45, 2.75) is 33.4 Å². The van der Waals surface area contributed by atoms with Crippen LogP contribution in [0.2, 0.25) is 0 Å². The van der Waals surface area contributed by atoms with E-state index in [-0.39, 0.29) is 0 Å². The minimum atomic E-state index is -4.40. The van der Waals surface area contributed by atoms with E-state index in [1.165, 1.54) is 14.0 Å². The van der Waals surface area contributed by atoms with Gasteiger partial charge < -0.3 is 10.1 Å². The van der Waals surface area contributed by atoms with Gasteiger partial charge in [-0.2, -0.15) is 13.2 Å². The van der Waals surface area contributed by atoms with Crippen molar-refractivity contribution >= 4 is 5.91 Å². The molecule has 0 aliphatic heterocycles. The first-order valence-corrected chi connectivity index (χ1v) is 5.76. The lowest BCUT2D eigenvalue weighted by atomic mass is 10.0. The molecule has 0 spiro atoms. The lowest BCUT2D eigenvalue weighted by molar-refractivity contribution is -0.140. The summed E-state index contributed by atoms with van der Waals surface area (Å²) in [7, 11) is 1.40. The van der Waals surface area contributed by atoms with Crippen molar-refractivity contribution in [1.29, 1.82) is 0 Å². The van der Waals surface area contributed by atoms with E-state index >= 15 is 0 Å². The second kappa shape index (κ2) is 7.28. The van der Waals surface area contributed by atoms with Crippen molar-refractivity contribution in [1.82, 2.24) is 5.32 Å². The predicted octanol–water partition coefficient (Wildman–Crippen LogP) is 2.88. The zero-order valence-electron chi connectivity index (χ0n) is 11.1. The third-order valence-electron chi connectivity index (χ3n) is 2.31. The van der Waals surface area contributed by atoms with Gasteiger partial charge in [-0.15, -0.1) is 0 Å². The zero-order valence-corrected chi connectivity index (χ0v) is 11.1. The molecule has 0 aromatic carbocycles. The molecule has 0 aliphatic rings. The van der Waals surface area contributed by atoms with Crippen LogP contribution in [0.1, 0.15) is 27.2 Å². The van der Waals surface area contributed by atoms with E-state index in [1.807, 2.05) is 19.2 Å². The normalized spacial score (nSPS) is 14.6. The van der Waals surface area contributed by atoms with Gasteiger partial charge in [0.1, 0.15) is 12.3 Å². The molecule has 0 rings (SSSR count). The molecule has 1 unspecified atom stereocenters. The van der Waals surface area contributed by atoms with Gasteiger partial charge in [0.15, 0.2) is 0 Å². The molecule has 0 heterocycles. The van der Waals surface area contributed by atoms with Crippen LogP contribution < -0.4 is 5.32 Å². The molecule has 0 fully saturated rings. The molecular weight excluding hydrogens is 247 g/mol. The standard InChI is InChI=1S/C12H20F3NO2/c1-8(2)5-6-10(18-4)9(3)11(17)16-7-12(13,14)15/h6,8-9H,5,7H2,1-4H3,(H,16,17)/b10-6+. The van der Waals surface area contributed by atoms with Crippen LogP contribution in [0.15, 0.2) is 11.8 Å². The van der Waals surface area contributed by atoms with Crippen LogP contribution in [-0.2, 0) is 9.53 Å². The number of halogens is 3. The number of hydrogen-bond donors (Lipinski definition) is 1. The molecule has 0 radical (unpaired) electrons. The van der Waals surface area contributed by atoms with Crippen molar-refractivity contribution in [2.24, 2.45) is 11.8 Å². The quantitative estimate of drug-likeness (QED) is 0.751. The molecule has 3 nitrogen and oxygen atoms in total. The number of ether oxygens (including phenoxy) is 1. The highest BCUT2D eigenvalue weighted by Crippen LogP contribution is 2.16. The summed E-state index contributed by atoms with van der Waals surface area (Å²) in [5, 5.41) is 1.84. The second-order valence-electron chi connectivity index (χ2n) is 4.49. The number of allylic oxidation sites excluding steroid dienone is 1. The van der Waals surface area contributed by atoms with Crippen LogP contribution in [0.25, 0.3) is 0 Å². The first-order valence-electron chi connectivity index (χ1n) is 5.76. The number of nitrogens with one attached hydrogen (secondary N) is 1. The smallest absolute Gasteiger partial charge is 0.405 e. The molecule has 6 heteroatoms. The molecule has 1 N–H and O–H groups in total. The summed E-state index contributed by atoms with van der Waals surface area (Å²) in [6, 6.07) is 0. The summed E-state index contributed by atoms with van der Waals surface area (Å²) < 4.78 is 40.9. The van der Waals surface area contributed by atoms with Crippen molar-refractivity contribution in [2.75, 3.05) is 13.7 Å². The predicted molar refractivity (Wildman–Crippen MR) is 62.8 cm³/mol. The Morgan fingerprint density at radius 2 is 1.89 bits per heavy atom. The van der Waals surface area contributed by atoms with Gasteiger partial charge in [-0.25, -0.2) is 0 Å². The third kappa shape index (κ3) is 7.19. The van der Waals surface area contributed by atoms with Crippen molar-refractivity contribution in [3.05, 3.63) is 11.8 Å². The first-order chi connectivity index (χ1) is 8.17. The van der Waals surface area contributed by atoms with Crippen LogP contribution in [0, 0.1) is 11.8 Å². The minimum Gasteiger partial charge on any atom is -0.501 e. The zero-order chi connectivity index (χ0) is 14.3. The fraction of sp³-hybridized carbons (Fsp3) is 0.750. The van der Waals surface area contributed by atoms with E-state index in [0.29, 0.717) is 18.1 Å². The molecule has 0 saturated heterocycles. The number of methoxy groups -OCH3 is 1. The van der Waals surface area contributed by atoms with E-state index in [4.69, 9.17) is 4.74 Å². The van der Waals surface area contributed by atoms with Crippen LogP contribution >= 0.6 is 0 Å². The molecule has 0 aromatic heterocycles. The minimum absolute atomic E-state index is 0.389. The molecule has 0 aromatic rings. The Hall–Kier alpha value is -1.20. The van der Waals surface area contributed by atoms with Gasteiger partial charge in [0.25, 0.3) is 0 Å². The molecule has 106 valence electrons. The third-order valence-corrected chi connectivity index (χ3v) is 2.31. The monoisotopic (exact) mass is 267 g/mol. The highest BCUT2D eigenvalue weighted by atomic mass is 19.4. The number of amides is 1. The topological polar surface area (TPSA) is 38.3 Å². The van der Waals surface area contributed by atoms with E-state index in [1.54, 1.807) is 6.08 Å². The number of carbonyl (C=O) groups is 1. The Labute approximate surface area is 105 Å². The van der Waals surface area contributed by atoms with Gasteiger partial charge in [0.05, 0.1) is 13.0 Å². The Balaban J connectivity index is 4.45. The average Bonchev–Trinajstić information content (AvgIpc) is 2.25. The largest absolute Gasteiger partial charge is 0.501 e. The summed E-state index contributed by atoms with van der Waals surface area (Å²) in [5.41, 5.74) is 0. The molecule has 18 heavy (non-hydrogen) atoms. The van der Waals surface area contributed by atoms with E-state index in [2.05, 4.69) is 0 Å². The maximum Gasteiger partial charge on any atom is 0.405 e. The van der Waals surface area contributed by atoms with Gasteiger partial charge >= 0.3 is 6.18 Å². The Bertz CT molecular complexity index is 298. The van der Waals surface area contributed by atoms with Crippen LogP contribution in [-0.4, -0.2) is 25.7 Å². The number of carbonyl (C=O) groups excluding carboxylic acids is 1. The number of hydrogen-bond acceptors (Lipinski definition) is 2. The Morgan fingerprint density at radius 1 is 1.33 bits per heavy atom. The van der Waals surface area contributed by atoms with Gasteiger partial charge in [0, 0.05) is 0 Å². The van der Waals surface area contributed by atoms with Crippen molar-refractivity contribution in [3.63, 3.8) is 0 Å². The fourth-order valence-electron chi connectivity index (χ4n) is 1.26. The summed E-state index contributed by atoms with van der Waals surface area (Å²) >= 11 is 0. The fourth-order valence-corrected chi connectivity index (χ4v) is 1.26. The highest BCUT2D eigenvalue weighted by Gasteiger charge is 2.29. The SMILES string of the molecule is CO/C(=C/CC(C)C)C(C)C(=O)NCC(F)(F)F. The molecular formula is C12H20F3NO2. The maximum atomic E-state index is 12.0. The van der Waals surface area contributed by atoms with Gasteiger partial charge in [-0.1, -0.05) is 13.8 Å². The molecule has 1 atom stereocenters. The molecule has 0 saturated carbocycles. The van der Waals surface area contributed by atoms with Gasteiger partial charge in [-0.3, -0.25) is 4.79 Å². The van der Waals surface area contributed by atoms with Gasteiger partial charge in [-0.05, 0) is 25.3 Å². The van der Waals surface area contributed by atoms with Crippen molar-refractivity contribution in [3.8, 4) is 0 Å². The van der Waals surface area contributed by atoms with Gasteiger partial charge in [0.2, 0.25) is 5.91 Å². The maximum absolute atomic E-state index is 12.0. The second-order valence-corrected chi connectivity index (χ2v) is 4.49. The van der Waals surface area contributed by atoms with E-state index < -0.39 is 24.5 Å². The summed E-state index contributed by atoms with van der Waals surface area (Å²) in [4.78, 5) is 11.5. The highest BCUT2D eigenvalue weighted by molar-refractivity contribution is 5.80. The number of alkyl halides is 3. The average molecular weight is 267 g/mol. The van der Waals surface area contributed by atoms with Crippen LogP contribution in [0.5, 0.6) is 0 Å². The molecule has 0 aliphatic carbocycles. The van der Waals surface area contributed by atoms with Crippen molar-refractivity contribution < 1.29 is 22.7 Å². The summed E-state index contributed by atoms with van der Waals surface area (Å²) in [6.45, 7) is 4.19. The molecule has 1 amide bonds. The van der Waals surface area contributed by atoms with E-state index in [9.17, 15) is 18.0 Å². The Kier molecular flexibility index (Phi) is 6.80.